The van der Waals surface area contributed by atoms with E-state index in [4.69, 9.17) is 11.6 Å². The first-order valence-corrected chi connectivity index (χ1v) is 10.5. The molecule has 1 fully saturated rings. The van der Waals surface area contributed by atoms with Gasteiger partial charge < -0.3 is 15.2 Å². The van der Waals surface area contributed by atoms with Crippen LogP contribution < -0.4 is 10.6 Å². The van der Waals surface area contributed by atoms with E-state index in [0.29, 0.717) is 11.1 Å². The third-order valence-corrected chi connectivity index (χ3v) is 6.38. The summed E-state index contributed by atoms with van der Waals surface area (Å²) < 4.78 is 2.06. The lowest BCUT2D eigenvalue weighted by atomic mass is 9.90. The van der Waals surface area contributed by atoms with Gasteiger partial charge in [0.15, 0.2) is 0 Å². The molecule has 0 unspecified atom stereocenters. The predicted molar refractivity (Wildman–Crippen MR) is 119 cm³/mol. The average Bonchev–Trinajstić information content (AvgIpc) is 2.97. The Morgan fingerprint density at radius 1 is 1.10 bits per heavy atom. The molecule has 152 valence electrons. The van der Waals surface area contributed by atoms with Crippen LogP contribution in [0.2, 0.25) is 5.02 Å². The average molecular weight is 411 g/mol. The maximum Gasteiger partial charge on any atom is 0.253 e. The molecular formula is C23H27ClN4O. The van der Waals surface area contributed by atoms with Crippen molar-refractivity contribution >= 4 is 34.1 Å². The lowest BCUT2D eigenvalue weighted by Crippen LogP contribution is -2.40. The molecule has 0 saturated heterocycles. The van der Waals surface area contributed by atoms with Gasteiger partial charge in [-0.3, -0.25) is 9.78 Å². The zero-order valence-corrected chi connectivity index (χ0v) is 17.9. The Kier molecular flexibility index (Phi) is 5.50. The summed E-state index contributed by atoms with van der Waals surface area (Å²) in [5.74, 6) is 0.0413. The van der Waals surface area contributed by atoms with Crippen molar-refractivity contribution in [2.75, 3.05) is 5.32 Å². The number of amides is 1. The van der Waals surface area contributed by atoms with Gasteiger partial charge in [0.25, 0.3) is 5.91 Å². The molecule has 6 heteroatoms. The summed E-state index contributed by atoms with van der Waals surface area (Å²) in [5, 5.41) is 8.68. The monoisotopic (exact) mass is 410 g/mol. The van der Waals surface area contributed by atoms with Crippen LogP contribution in [0, 0.1) is 13.8 Å². The van der Waals surface area contributed by atoms with E-state index in [-0.39, 0.29) is 11.9 Å². The summed E-state index contributed by atoms with van der Waals surface area (Å²) in [5.41, 5.74) is 4.89. The van der Waals surface area contributed by atoms with Gasteiger partial charge in [0.2, 0.25) is 0 Å². The van der Waals surface area contributed by atoms with Gasteiger partial charge >= 0.3 is 0 Å². The minimum atomic E-state index is 0.0413. The predicted octanol–water partition coefficient (Wildman–Crippen LogP) is 5.00. The van der Waals surface area contributed by atoms with Crippen molar-refractivity contribution in [2.24, 2.45) is 7.05 Å². The Morgan fingerprint density at radius 2 is 1.83 bits per heavy atom. The van der Waals surface area contributed by atoms with Crippen LogP contribution in [0.1, 0.15) is 47.4 Å². The summed E-state index contributed by atoms with van der Waals surface area (Å²) >= 11 is 6.09. The Bertz CT molecular complexity index is 1050. The van der Waals surface area contributed by atoms with E-state index in [2.05, 4.69) is 20.2 Å². The molecule has 0 spiro atoms. The van der Waals surface area contributed by atoms with E-state index in [1.807, 2.05) is 57.4 Å². The lowest BCUT2D eigenvalue weighted by Gasteiger charge is -2.30. The van der Waals surface area contributed by atoms with Crippen molar-refractivity contribution in [2.45, 2.75) is 51.6 Å². The molecule has 0 aliphatic heterocycles. The number of fused-ring (bicyclic) bond motifs is 1. The number of pyridine rings is 1. The highest BCUT2D eigenvalue weighted by Gasteiger charge is 2.24. The molecule has 5 nitrogen and oxygen atoms in total. The fraction of sp³-hybridized carbons (Fsp3) is 0.391. The Morgan fingerprint density at radius 3 is 2.52 bits per heavy atom. The fourth-order valence-corrected chi connectivity index (χ4v) is 4.36. The van der Waals surface area contributed by atoms with Gasteiger partial charge in [0.05, 0.1) is 11.1 Å². The molecule has 0 atom stereocenters. The fourth-order valence-electron chi connectivity index (χ4n) is 4.20. The van der Waals surface area contributed by atoms with Crippen LogP contribution in [-0.4, -0.2) is 27.5 Å². The molecule has 0 bridgehead atoms. The zero-order valence-electron chi connectivity index (χ0n) is 17.1. The largest absolute Gasteiger partial charge is 0.382 e. The summed E-state index contributed by atoms with van der Waals surface area (Å²) in [6.07, 6.45) is 5.81. The second-order valence-corrected chi connectivity index (χ2v) is 8.47. The molecular weight excluding hydrogens is 384 g/mol. The number of hydrogen-bond acceptors (Lipinski definition) is 3. The number of carbonyl (C=O) groups excluding carboxylic acids is 1. The van der Waals surface area contributed by atoms with E-state index in [1.54, 1.807) is 0 Å². The molecule has 29 heavy (non-hydrogen) atoms. The number of anilines is 1. The molecule has 1 aliphatic rings. The second-order valence-electron chi connectivity index (χ2n) is 8.03. The maximum absolute atomic E-state index is 12.7. The quantitative estimate of drug-likeness (QED) is 0.636. The third kappa shape index (κ3) is 4.10. The van der Waals surface area contributed by atoms with Crippen LogP contribution in [0.3, 0.4) is 0 Å². The van der Waals surface area contributed by atoms with Crippen LogP contribution in [-0.2, 0) is 7.05 Å². The van der Waals surface area contributed by atoms with Gasteiger partial charge in [-0.05, 0) is 69.9 Å². The minimum absolute atomic E-state index is 0.0413. The molecule has 3 aromatic rings. The maximum atomic E-state index is 12.7. The molecule has 2 N–H and O–H groups in total. The van der Waals surface area contributed by atoms with Crippen LogP contribution in [0.5, 0.6) is 0 Å². The second kappa shape index (κ2) is 8.07. The van der Waals surface area contributed by atoms with Crippen molar-refractivity contribution in [3.05, 3.63) is 58.5 Å². The molecule has 1 aromatic carbocycles. The van der Waals surface area contributed by atoms with Gasteiger partial charge in [-0.1, -0.05) is 11.6 Å². The molecule has 0 radical (unpaired) electrons. The van der Waals surface area contributed by atoms with E-state index in [1.165, 1.54) is 0 Å². The van der Waals surface area contributed by atoms with Gasteiger partial charge in [-0.2, -0.15) is 0 Å². The topological polar surface area (TPSA) is 59.0 Å². The number of aryl methyl sites for hydroxylation is 1. The molecule has 1 saturated carbocycles. The Hall–Kier alpha value is -2.53. The first kappa shape index (κ1) is 19.8. The highest BCUT2D eigenvalue weighted by molar-refractivity contribution is 6.31. The molecule has 2 heterocycles. The minimum Gasteiger partial charge on any atom is -0.382 e. The number of hydrogen-bond donors (Lipinski definition) is 2. The van der Waals surface area contributed by atoms with Gasteiger partial charge in [0, 0.05) is 52.8 Å². The van der Waals surface area contributed by atoms with Gasteiger partial charge in [0.1, 0.15) is 0 Å². The Labute approximate surface area is 176 Å². The number of aromatic nitrogens is 2. The first-order chi connectivity index (χ1) is 13.9. The number of nitrogens with one attached hydrogen (secondary N) is 2. The SMILES string of the molecule is Cc1cc(C(=O)NC2CCC(Nc3ccnc4cc(Cl)ccc34)CC2)c(C)n1C. The van der Waals surface area contributed by atoms with E-state index in [9.17, 15) is 4.79 Å². The smallest absolute Gasteiger partial charge is 0.253 e. The number of halogens is 1. The number of rotatable bonds is 4. The van der Waals surface area contributed by atoms with Crippen LogP contribution in [0.4, 0.5) is 5.69 Å². The third-order valence-electron chi connectivity index (χ3n) is 6.15. The number of benzene rings is 1. The summed E-state index contributed by atoms with van der Waals surface area (Å²) in [4.78, 5) is 17.1. The summed E-state index contributed by atoms with van der Waals surface area (Å²) in [6.45, 7) is 4.02. The summed E-state index contributed by atoms with van der Waals surface area (Å²) in [7, 11) is 2.00. The normalized spacial score (nSPS) is 19.3. The van der Waals surface area contributed by atoms with E-state index >= 15 is 0 Å². The number of nitrogens with zero attached hydrogens (tertiary/aromatic N) is 2. The van der Waals surface area contributed by atoms with Crippen molar-refractivity contribution in [3.8, 4) is 0 Å². The highest BCUT2D eigenvalue weighted by atomic mass is 35.5. The Balaban J connectivity index is 1.36. The van der Waals surface area contributed by atoms with Gasteiger partial charge in [-0.15, -0.1) is 0 Å². The standard InChI is InChI=1S/C23H27ClN4O/c1-14-12-20(15(2)28(14)3)23(29)27-18-7-5-17(6-8-18)26-21-10-11-25-22-13-16(24)4-9-19(21)22/h4,9-13,17-18H,5-8H2,1-3H3,(H,25,26)(H,27,29). The zero-order chi connectivity index (χ0) is 20.5. The van der Waals surface area contributed by atoms with E-state index < -0.39 is 0 Å². The van der Waals surface area contributed by atoms with Crippen LogP contribution in [0.25, 0.3) is 10.9 Å². The van der Waals surface area contributed by atoms with Crippen molar-refractivity contribution in [3.63, 3.8) is 0 Å². The van der Waals surface area contributed by atoms with E-state index in [0.717, 1.165) is 59.2 Å². The van der Waals surface area contributed by atoms with Crippen LogP contribution >= 0.6 is 11.6 Å². The van der Waals surface area contributed by atoms with Crippen molar-refractivity contribution in [1.29, 1.82) is 0 Å². The summed E-state index contributed by atoms with van der Waals surface area (Å²) in [6, 6.07) is 10.4. The molecule has 4 rings (SSSR count). The van der Waals surface area contributed by atoms with Crippen molar-refractivity contribution in [1.82, 2.24) is 14.9 Å². The first-order valence-electron chi connectivity index (χ1n) is 10.2. The number of carbonyl (C=O) groups is 1. The van der Waals surface area contributed by atoms with Gasteiger partial charge in [-0.25, -0.2) is 0 Å². The van der Waals surface area contributed by atoms with Crippen LogP contribution in [0.15, 0.2) is 36.5 Å². The highest BCUT2D eigenvalue weighted by Crippen LogP contribution is 2.28. The molecule has 1 aliphatic carbocycles. The molecule has 1 amide bonds. The molecule has 2 aromatic heterocycles. The lowest BCUT2D eigenvalue weighted by molar-refractivity contribution is 0.0926. The van der Waals surface area contributed by atoms with Crippen molar-refractivity contribution < 1.29 is 4.79 Å².